The lowest BCUT2D eigenvalue weighted by atomic mass is 9.95. The number of rotatable bonds is 2. The maximum atomic E-state index is 13.2. The van der Waals surface area contributed by atoms with Crippen LogP contribution in [-0.2, 0) is 17.8 Å². The average Bonchev–Trinajstić information content (AvgIpc) is 3.21. The van der Waals surface area contributed by atoms with Crippen molar-refractivity contribution >= 4 is 34.0 Å². The van der Waals surface area contributed by atoms with Gasteiger partial charge in [0.2, 0.25) is 5.91 Å². The molecule has 5 rings (SSSR count). The summed E-state index contributed by atoms with van der Waals surface area (Å²) in [7, 11) is 0. The first kappa shape index (κ1) is 16.6. The van der Waals surface area contributed by atoms with Crippen molar-refractivity contribution in [3.05, 3.63) is 46.7 Å². The Bertz CT molecular complexity index is 982. The van der Waals surface area contributed by atoms with Crippen LogP contribution in [0.25, 0.3) is 10.9 Å². The molecule has 0 bridgehead atoms. The minimum Gasteiger partial charge on any atom is -0.355 e. The molecule has 5 heterocycles. The highest BCUT2D eigenvalue weighted by molar-refractivity contribution is 7.10. The van der Waals surface area contributed by atoms with Gasteiger partial charge >= 0.3 is 0 Å². The van der Waals surface area contributed by atoms with Crippen LogP contribution in [0.3, 0.4) is 0 Å². The molecule has 1 saturated heterocycles. The smallest absolute Gasteiger partial charge is 0.227 e. The van der Waals surface area contributed by atoms with Crippen LogP contribution >= 0.6 is 11.3 Å². The zero-order chi connectivity index (χ0) is 18.2. The number of hydrogen-bond donors (Lipinski definition) is 0. The second-order valence-corrected chi connectivity index (χ2v) is 8.25. The second-order valence-electron chi connectivity index (χ2n) is 7.25. The Hall–Kier alpha value is -2.54. The Labute approximate surface area is 161 Å². The van der Waals surface area contributed by atoms with E-state index < -0.39 is 0 Å². The van der Waals surface area contributed by atoms with Gasteiger partial charge in [0.05, 0.1) is 17.6 Å². The van der Waals surface area contributed by atoms with Crippen molar-refractivity contribution in [2.45, 2.75) is 25.8 Å². The normalized spacial score (nSPS) is 19.9. The van der Waals surface area contributed by atoms with E-state index in [1.54, 1.807) is 18.7 Å². The van der Waals surface area contributed by atoms with Gasteiger partial charge in [-0.15, -0.1) is 11.3 Å². The average molecular weight is 379 g/mol. The summed E-state index contributed by atoms with van der Waals surface area (Å²) in [5, 5.41) is 3.14. The fourth-order valence-electron chi connectivity index (χ4n) is 4.21. The summed E-state index contributed by atoms with van der Waals surface area (Å²) in [5.74, 6) is 1.24. The van der Waals surface area contributed by atoms with E-state index in [9.17, 15) is 4.79 Å². The van der Waals surface area contributed by atoms with Gasteiger partial charge < -0.3 is 9.80 Å². The third kappa shape index (κ3) is 3.06. The van der Waals surface area contributed by atoms with E-state index in [0.717, 1.165) is 62.2 Å². The van der Waals surface area contributed by atoms with Crippen molar-refractivity contribution < 1.29 is 4.79 Å². The summed E-state index contributed by atoms with van der Waals surface area (Å²) in [6, 6.07) is 4.12. The van der Waals surface area contributed by atoms with Crippen LogP contribution in [0.1, 0.15) is 23.3 Å². The summed E-state index contributed by atoms with van der Waals surface area (Å²) in [4.78, 5) is 31.9. The Morgan fingerprint density at radius 2 is 2.19 bits per heavy atom. The third-order valence-electron chi connectivity index (χ3n) is 5.61. The predicted molar refractivity (Wildman–Crippen MR) is 106 cm³/mol. The monoisotopic (exact) mass is 379 g/mol. The molecule has 0 saturated carbocycles. The van der Waals surface area contributed by atoms with Crippen LogP contribution in [0.4, 0.5) is 5.82 Å². The number of anilines is 1. The SMILES string of the molecule is O=C(C1CCCN(c2ncnc3cnccc23)C1)N1CCc2sccc2C1. The van der Waals surface area contributed by atoms with Crippen molar-refractivity contribution in [3.8, 4) is 0 Å². The van der Waals surface area contributed by atoms with Crippen LogP contribution < -0.4 is 4.90 Å². The molecule has 0 aromatic carbocycles. The summed E-state index contributed by atoms with van der Waals surface area (Å²) in [6.07, 6.45) is 8.07. The Balaban J connectivity index is 1.36. The van der Waals surface area contributed by atoms with E-state index >= 15 is 0 Å². The first-order valence-corrected chi connectivity index (χ1v) is 10.3. The first-order valence-electron chi connectivity index (χ1n) is 9.43. The summed E-state index contributed by atoms with van der Waals surface area (Å²) in [6.45, 7) is 3.24. The molecule has 6 nitrogen and oxygen atoms in total. The molecular weight excluding hydrogens is 358 g/mol. The number of pyridine rings is 1. The van der Waals surface area contributed by atoms with E-state index in [2.05, 4.69) is 31.3 Å². The number of aromatic nitrogens is 3. The Morgan fingerprint density at radius 1 is 1.22 bits per heavy atom. The van der Waals surface area contributed by atoms with E-state index in [-0.39, 0.29) is 11.8 Å². The number of nitrogens with zero attached hydrogens (tertiary/aromatic N) is 5. The van der Waals surface area contributed by atoms with Gasteiger partial charge in [-0.1, -0.05) is 0 Å². The minimum atomic E-state index is 0.0331. The fourth-order valence-corrected chi connectivity index (χ4v) is 5.10. The van der Waals surface area contributed by atoms with Gasteiger partial charge in [0.15, 0.2) is 0 Å². The van der Waals surface area contributed by atoms with Crippen molar-refractivity contribution in [2.24, 2.45) is 5.92 Å². The van der Waals surface area contributed by atoms with Crippen LogP contribution in [-0.4, -0.2) is 45.4 Å². The molecule has 1 amide bonds. The zero-order valence-corrected chi connectivity index (χ0v) is 15.9. The molecule has 138 valence electrons. The predicted octanol–water partition coefficient (Wildman–Crippen LogP) is 2.89. The Morgan fingerprint density at radius 3 is 3.15 bits per heavy atom. The topological polar surface area (TPSA) is 62.2 Å². The van der Waals surface area contributed by atoms with Gasteiger partial charge in [0.25, 0.3) is 0 Å². The third-order valence-corrected chi connectivity index (χ3v) is 6.63. The maximum absolute atomic E-state index is 13.2. The van der Waals surface area contributed by atoms with Gasteiger partial charge in [0, 0.05) is 42.6 Å². The number of piperidine rings is 1. The molecule has 3 aromatic heterocycles. The number of fused-ring (bicyclic) bond motifs is 2. The molecule has 2 aliphatic heterocycles. The van der Waals surface area contributed by atoms with Crippen molar-refractivity contribution in [1.29, 1.82) is 0 Å². The molecule has 0 N–H and O–H groups in total. The van der Waals surface area contributed by atoms with Gasteiger partial charge in [-0.25, -0.2) is 9.97 Å². The van der Waals surface area contributed by atoms with Gasteiger partial charge in [-0.3, -0.25) is 9.78 Å². The Kier molecular flexibility index (Phi) is 4.24. The summed E-state index contributed by atoms with van der Waals surface area (Å²) in [5.41, 5.74) is 2.17. The highest BCUT2D eigenvalue weighted by Gasteiger charge is 2.32. The van der Waals surface area contributed by atoms with Crippen molar-refractivity contribution in [3.63, 3.8) is 0 Å². The molecule has 1 atom stereocenters. The van der Waals surface area contributed by atoms with Crippen molar-refractivity contribution in [1.82, 2.24) is 19.9 Å². The highest BCUT2D eigenvalue weighted by atomic mass is 32.1. The largest absolute Gasteiger partial charge is 0.355 e. The van der Waals surface area contributed by atoms with Gasteiger partial charge in [0.1, 0.15) is 12.1 Å². The molecule has 3 aromatic rings. The quantitative estimate of drug-likeness (QED) is 0.685. The van der Waals surface area contributed by atoms with E-state index in [4.69, 9.17) is 0 Å². The fraction of sp³-hybridized carbons (Fsp3) is 0.400. The minimum absolute atomic E-state index is 0.0331. The van der Waals surface area contributed by atoms with E-state index in [1.165, 1.54) is 10.4 Å². The summed E-state index contributed by atoms with van der Waals surface area (Å²) < 4.78 is 0. The standard InChI is InChI=1S/C20H21N5OS/c26-20(25-8-4-18-14(11-25)5-9-27-18)15-2-1-7-24(12-15)19-16-3-6-21-10-17(16)22-13-23-19/h3,5-6,9-10,13,15H,1-2,4,7-8,11-12H2. The highest BCUT2D eigenvalue weighted by Crippen LogP contribution is 2.30. The van der Waals surface area contributed by atoms with Crippen LogP contribution in [0, 0.1) is 5.92 Å². The van der Waals surface area contributed by atoms with Gasteiger partial charge in [-0.2, -0.15) is 0 Å². The number of hydrogen-bond acceptors (Lipinski definition) is 6. The lowest BCUT2D eigenvalue weighted by Gasteiger charge is -2.37. The molecule has 0 radical (unpaired) electrons. The lowest BCUT2D eigenvalue weighted by molar-refractivity contribution is -0.136. The van der Waals surface area contributed by atoms with Crippen molar-refractivity contribution in [2.75, 3.05) is 24.5 Å². The number of carbonyl (C=O) groups excluding carboxylic acids is 1. The zero-order valence-electron chi connectivity index (χ0n) is 15.0. The molecule has 1 fully saturated rings. The van der Waals surface area contributed by atoms with Crippen LogP contribution in [0.5, 0.6) is 0 Å². The second kappa shape index (κ2) is 6.88. The van der Waals surface area contributed by atoms with Crippen LogP contribution in [0.15, 0.2) is 36.2 Å². The number of carbonyl (C=O) groups is 1. The first-order chi connectivity index (χ1) is 13.3. The molecule has 27 heavy (non-hydrogen) atoms. The van der Waals surface area contributed by atoms with Gasteiger partial charge in [-0.05, 0) is 42.3 Å². The number of amides is 1. The molecule has 1 unspecified atom stereocenters. The molecule has 7 heteroatoms. The van der Waals surface area contributed by atoms with E-state index in [1.807, 2.05) is 22.3 Å². The van der Waals surface area contributed by atoms with Crippen LogP contribution in [0.2, 0.25) is 0 Å². The molecular formula is C20H21N5OS. The maximum Gasteiger partial charge on any atom is 0.227 e. The molecule has 0 spiro atoms. The molecule has 2 aliphatic rings. The molecule has 0 aliphatic carbocycles. The van der Waals surface area contributed by atoms with E-state index in [0.29, 0.717) is 0 Å². The lowest BCUT2D eigenvalue weighted by Crippen LogP contribution is -2.46. The number of thiophene rings is 1. The summed E-state index contributed by atoms with van der Waals surface area (Å²) >= 11 is 1.81.